The highest BCUT2D eigenvalue weighted by molar-refractivity contribution is 5.63. The third-order valence-electron chi connectivity index (χ3n) is 4.31. The van der Waals surface area contributed by atoms with Crippen LogP contribution in [0.2, 0.25) is 0 Å². The number of nitrogens with zero attached hydrogens (tertiary/aromatic N) is 1. The largest absolute Gasteiger partial charge is 0.250 e. The van der Waals surface area contributed by atoms with Gasteiger partial charge in [0.05, 0.1) is 0 Å². The Bertz CT molecular complexity index is 880. The maximum Gasteiger partial charge on any atom is 0.242 e. The Morgan fingerprint density at radius 3 is 1.83 bits per heavy atom. The smallest absolute Gasteiger partial charge is 0.242 e. The number of benzene rings is 3. The molecule has 2 nitrogen and oxygen atoms in total. The number of rotatable bonds is 4. The third-order valence-corrected chi connectivity index (χ3v) is 4.31. The van der Waals surface area contributed by atoms with Gasteiger partial charge in [-0.05, 0) is 11.1 Å². The molecule has 2 heteroatoms. The molecule has 0 bridgehead atoms. The second kappa shape index (κ2) is 6.55. The average molecular weight is 311 g/mol. The molecule has 0 aliphatic heterocycles. The molecule has 4 rings (SSSR count). The van der Waals surface area contributed by atoms with Crippen molar-refractivity contribution in [2.45, 2.75) is 6.04 Å². The Morgan fingerprint density at radius 1 is 0.625 bits per heavy atom. The van der Waals surface area contributed by atoms with Crippen LogP contribution in [0.4, 0.5) is 0 Å². The van der Waals surface area contributed by atoms with E-state index in [0.717, 1.165) is 0 Å². The molecule has 24 heavy (non-hydrogen) atoms. The highest BCUT2D eigenvalue weighted by Gasteiger charge is 2.20. The number of imidazole rings is 1. The summed E-state index contributed by atoms with van der Waals surface area (Å²) in [5.74, 6) is 0. The van der Waals surface area contributed by atoms with E-state index in [-0.39, 0.29) is 6.04 Å². The van der Waals surface area contributed by atoms with E-state index < -0.39 is 0 Å². The number of nitrogens with one attached hydrogen (secondary N) is 1. The minimum atomic E-state index is 0.169. The molecule has 0 aliphatic carbocycles. The van der Waals surface area contributed by atoms with E-state index in [9.17, 15) is 0 Å². The molecule has 1 N–H and O–H groups in total. The summed E-state index contributed by atoms with van der Waals surface area (Å²) < 4.78 is 2.20. The Labute approximate surface area is 142 Å². The topological polar surface area (TPSA) is 19.7 Å². The van der Waals surface area contributed by atoms with Gasteiger partial charge in [0, 0.05) is 11.1 Å². The van der Waals surface area contributed by atoms with E-state index in [4.69, 9.17) is 0 Å². The molecule has 0 spiro atoms. The highest BCUT2D eigenvalue weighted by atomic mass is 15.0. The zero-order valence-corrected chi connectivity index (χ0v) is 13.3. The van der Waals surface area contributed by atoms with E-state index >= 15 is 0 Å². The second-order valence-electron chi connectivity index (χ2n) is 5.86. The minimum absolute atomic E-state index is 0.169. The third kappa shape index (κ3) is 2.86. The molecule has 0 fully saturated rings. The van der Waals surface area contributed by atoms with E-state index in [1.807, 2.05) is 18.6 Å². The van der Waals surface area contributed by atoms with Gasteiger partial charge in [-0.1, -0.05) is 84.9 Å². The molecule has 0 saturated carbocycles. The standard InChI is InChI=1S/C22H18N2/c1-3-7-18(8-4-1)19-11-13-21(14-12-19)22(24-16-15-23-17-24)20-9-5-2-6-10-20/h1-17,22H/p+1/t22-/m0/s1. The van der Waals surface area contributed by atoms with Crippen molar-refractivity contribution < 1.29 is 4.57 Å². The summed E-state index contributed by atoms with van der Waals surface area (Å²) in [4.78, 5) is 3.15. The zero-order chi connectivity index (χ0) is 16.2. The van der Waals surface area contributed by atoms with E-state index in [0.29, 0.717) is 0 Å². The Balaban J connectivity index is 1.74. The molecule has 0 amide bonds. The van der Waals surface area contributed by atoms with Gasteiger partial charge in [0.2, 0.25) is 6.33 Å². The van der Waals surface area contributed by atoms with Crippen LogP contribution in [0.3, 0.4) is 0 Å². The SMILES string of the molecule is c1ccc(-c2ccc([C@H](c3ccccc3)[n+]3cc[nH]c3)cc2)cc1. The quantitative estimate of drug-likeness (QED) is 0.531. The van der Waals surface area contributed by atoms with Crippen LogP contribution >= 0.6 is 0 Å². The maximum absolute atomic E-state index is 3.15. The molecule has 4 aromatic rings. The molecular weight excluding hydrogens is 292 g/mol. The van der Waals surface area contributed by atoms with Crippen LogP contribution in [0, 0.1) is 0 Å². The van der Waals surface area contributed by atoms with Gasteiger partial charge in [0.25, 0.3) is 0 Å². The molecule has 0 radical (unpaired) electrons. The summed E-state index contributed by atoms with van der Waals surface area (Å²) in [6, 6.07) is 30.1. The van der Waals surface area contributed by atoms with Gasteiger partial charge in [-0.2, -0.15) is 0 Å². The average Bonchev–Trinajstić information content (AvgIpc) is 3.18. The van der Waals surface area contributed by atoms with Crippen LogP contribution in [-0.2, 0) is 0 Å². The van der Waals surface area contributed by atoms with Crippen molar-refractivity contribution in [2.75, 3.05) is 0 Å². The molecule has 1 heterocycles. The van der Waals surface area contributed by atoms with Crippen LogP contribution in [0.5, 0.6) is 0 Å². The highest BCUT2D eigenvalue weighted by Crippen LogP contribution is 2.25. The van der Waals surface area contributed by atoms with Crippen molar-refractivity contribution in [1.82, 2.24) is 4.98 Å². The molecule has 0 aliphatic rings. The fourth-order valence-corrected chi connectivity index (χ4v) is 3.12. The van der Waals surface area contributed by atoms with Gasteiger partial charge in [-0.3, -0.25) is 4.98 Å². The predicted octanol–water partition coefficient (Wildman–Crippen LogP) is 4.61. The molecule has 0 saturated heterocycles. The maximum atomic E-state index is 3.15. The van der Waals surface area contributed by atoms with Crippen LogP contribution in [-0.4, -0.2) is 4.98 Å². The molecule has 1 atom stereocenters. The first kappa shape index (κ1) is 14.5. The van der Waals surface area contributed by atoms with Crippen molar-refractivity contribution in [1.29, 1.82) is 0 Å². The van der Waals surface area contributed by atoms with Gasteiger partial charge in [-0.15, -0.1) is 0 Å². The van der Waals surface area contributed by atoms with E-state index in [2.05, 4.69) is 94.6 Å². The summed E-state index contributed by atoms with van der Waals surface area (Å²) in [7, 11) is 0. The molecule has 0 unspecified atom stereocenters. The number of hydrogen-bond donors (Lipinski definition) is 1. The van der Waals surface area contributed by atoms with Gasteiger partial charge < -0.3 is 0 Å². The van der Waals surface area contributed by atoms with Gasteiger partial charge >= 0.3 is 0 Å². The summed E-state index contributed by atoms with van der Waals surface area (Å²) in [6.45, 7) is 0. The number of H-pyrrole nitrogens is 1. The molecule has 1 aromatic heterocycles. The lowest BCUT2D eigenvalue weighted by molar-refractivity contribution is -0.703. The van der Waals surface area contributed by atoms with Gasteiger partial charge in [0.15, 0.2) is 6.04 Å². The van der Waals surface area contributed by atoms with Crippen LogP contribution in [0.1, 0.15) is 17.2 Å². The van der Waals surface area contributed by atoms with Crippen LogP contribution in [0.15, 0.2) is 104 Å². The Hall–Kier alpha value is -3.13. The lowest BCUT2D eigenvalue weighted by Gasteiger charge is -2.15. The fraction of sp³-hybridized carbons (Fsp3) is 0.0455. The van der Waals surface area contributed by atoms with E-state index in [1.165, 1.54) is 22.3 Å². The van der Waals surface area contributed by atoms with Crippen molar-refractivity contribution in [3.8, 4) is 11.1 Å². The number of hydrogen-bond acceptors (Lipinski definition) is 0. The van der Waals surface area contributed by atoms with E-state index in [1.54, 1.807) is 0 Å². The summed E-state index contributed by atoms with van der Waals surface area (Å²) in [5, 5.41) is 0. The second-order valence-corrected chi connectivity index (χ2v) is 5.86. The summed E-state index contributed by atoms with van der Waals surface area (Å²) >= 11 is 0. The van der Waals surface area contributed by atoms with Crippen LogP contribution < -0.4 is 4.57 Å². The van der Waals surface area contributed by atoms with Crippen LogP contribution in [0.25, 0.3) is 11.1 Å². The number of aromatic amines is 1. The Morgan fingerprint density at radius 2 is 1.21 bits per heavy atom. The summed E-state index contributed by atoms with van der Waals surface area (Å²) in [5.41, 5.74) is 5.03. The normalized spacial score (nSPS) is 12.0. The van der Waals surface area contributed by atoms with Gasteiger partial charge in [-0.25, -0.2) is 4.57 Å². The lowest BCUT2D eigenvalue weighted by atomic mass is 9.96. The lowest BCUT2D eigenvalue weighted by Crippen LogP contribution is -2.38. The van der Waals surface area contributed by atoms with Gasteiger partial charge in [0.1, 0.15) is 12.4 Å². The number of aromatic nitrogens is 2. The monoisotopic (exact) mass is 311 g/mol. The molecule has 116 valence electrons. The van der Waals surface area contributed by atoms with Crippen molar-refractivity contribution in [2.24, 2.45) is 0 Å². The van der Waals surface area contributed by atoms with Crippen molar-refractivity contribution >= 4 is 0 Å². The van der Waals surface area contributed by atoms with Crippen molar-refractivity contribution in [3.05, 3.63) is 115 Å². The summed E-state index contributed by atoms with van der Waals surface area (Å²) in [6.07, 6.45) is 6.03. The first-order valence-electron chi connectivity index (χ1n) is 8.16. The first-order chi connectivity index (χ1) is 11.9. The fourth-order valence-electron chi connectivity index (χ4n) is 3.12. The van der Waals surface area contributed by atoms with Crippen molar-refractivity contribution in [3.63, 3.8) is 0 Å². The first-order valence-corrected chi connectivity index (χ1v) is 8.16. The predicted molar refractivity (Wildman–Crippen MR) is 96.5 cm³/mol. The minimum Gasteiger partial charge on any atom is -0.250 e. The Kier molecular flexibility index (Phi) is 3.95. The molecule has 3 aromatic carbocycles. The molecular formula is C22H19N2+. The zero-order valence-electron chi connectivity index (χ0n) is 13.3.